The maximum atomic E-state index is 11.3. The van der Waals surface area contributed by atoms with Crippen LogP contribution in [0.2, 0.25) is 0 Å². The molecule has 6 nitrogen and oxygen atoms in total. The average Bonchev–Trinajstić information content (AvgIpc) is 2.31. The van der Waals surface area contributed by atoms with E-state index in [0.29, 0.717) is 13.0 Å². The molecular weight excluding hydrogens is 224 g/mol. The van der Waals surface area contributed by atoms with E-state index in [2.05, 4.69) is 10.6 Å². The molecule has 17 heavy (non-hydrogen) atoms. The van der Waals surface area contributed by atoms with Crippen molar-refractivity contribution < 1.29 is 19.8 Å². The highest BCUT2D eigenvalue weighted by atomic mass is 16.4. The van der Waals surface area contributed by atoms with Gasteiger partial charge in [0.15, 0.2) is 0 Å². The van der Waals surface area contributed by atoms with E-state index in [1.54, 1.807) is 14.0 Å². The molecule has 100 valence electrons. The Morgan fingerprint density at radius 1 is 1.29 bits per heavy atom. The molecule has 0 aliphatic rings. The predicted octanol–water partition coefficient (Wildman–Crippen LogP) is -0.426. The first-order chi connectivity index (χ1) is 8.02. The number of aliphatic hydroxyl groups excluding tert-OH is 1. The number of carbonyl (C=O) groups excluding carboxylic acids is 1. The van der Waals surface area contributed by atoms with Crippen LogP contribution in [0.1, 0.15) is 26.2 Å². The lowest BCUT2D eigenvalue weighted by molar-refractivity contribution is -0.139. The van der Waals surface area contributed by atoms with Gasteiger partial charge in [-0.1, -0.05) is 6.92 Å². The van der Waals surface area contributed by atoms with Crippen molar-refractivity contribution in [3.63, 3.8) is 0 Å². The summed E-state index contributed by atoms with van der Waals surface area (Å²) in [4.78, 5) is 21.9. The standard InChI is InChI=1S/C11H22N2O4/c1-8(7-14)10(15)13-6-4-3-5-9(12-2)11(16)17/h8-9,12,14H,3-7H2,1-2H3,(H,13,15)(H,16,17)/t8-,9+/m1/s1. The number of nitrogens with one attached hydrogen (secondary N) is 2. The molecular formula is C11H22N2O4. The summed E-state index contributed by atoms with van der Waals surface area (Å²) in [6.07, 6.45) is 2.00. The quantitative estimate of drug-likeness (QED) is 0.414. The van der Waals surface area contributed by atoms with Crippen LogP contribution in [0.5, 0.6) is 0 Å². The van der Waals surface area contributed by atoms with Crippen molar-refractivity contribution in [2.75, 3.05) is 20.2 Å². The Morgan fingerprint density at radius 2 is 1.94 bits per heavy atom. The van der Waals surface area contributed by atoms with Gasteiger partial charge in [0.1, 0.15) is 6.04 Å². The molecule has 0 rings (SSSR count). The number of hydrogen-bond donors (Lipinski definition) is 4. The number of rotatable bonds is 9. The van der Waals surface area contributed by atoms with Crippen LogP contribution in [0, 0.1) is 5.92 Å². The summed E-state index contributed by atoms with van der Waals surface area (Å²) in [5, 5.41) is 22.9. The second-order valence-electron chi connectivity index (χ2n) is 4.05. The highest BCUT2D eigenvalue weighted by Crippen LogP contribution is 2.00. The van der Waals surface area contributed by atoms with E-state index in [4.69, 9.17) is 10.2 Å². The topological polar surface area (TPSA) is 98.7 Å². The van der Waals surface area contributed by atoms with Gasteiger partial charge in [-0.05, 0) is 26.3 Å². The van der Waals surface area contributed by atoms with Gasteiger partial charge in [0.25, 0.3) is 0 Å². The number of carboxylic acids is 1. The van der Waals surface area contributed by atoms with Gasteiger partial charge >= 0.3 is 5.97 Å². The largest absolute Gasteiger partial charge is 0.480 e. The number of carbonyl (C=O) groups is 2. The van der Waals surface area contributed by atoms with E-state index in [1.165, 1.54) is 0 Å². The summed E-state index contributed by atoms with van der Waals surface area (Å²) in [5.74, 6) is -1.42. The molecule has 2 atom stereocenters. The van der Waals surface area contributed by atoms with Gasteiger partial charge in [-0.15, -0.1) is 0 Å². The minimum Gasteiger partial charge on any atom is -0.480 e. The first-order valence-electron chi connectivity index (χ1n) is 5.81. The smallest absolute Gasteiger partial charge is 0.320 e. The van der Waals surface area contributed by atoms with E-state index in [1.807, 2.05) is 0 Å². The van der Waals surface area contributed by atoms with Crippen molar-refractivity contribution >= 4 is 11.9 Å². The molecule has 1 amide bonds. The van der Waals surface area contributed by atoms with Gasteiger partial charge < -0.3 is 20.8 Å². The summed E-state index contributed by atoms with van der Waals surface area (Å²) in [7, 11) is 1.61. The molecule has 6 heteroatoms. The number of aliphatic hydroxyl groups is 1. The van der Waals surface area contributed by atoms with E-state index in [9.17, 15) is 9.59 Å². The van der Waals surface area contributed by atoms with Crippen LogP contribution in [0.25, 0.3) is 0 Å². The van der Waals surface area contributed by atoms with Crippen LogP contribution in [-0.4, -0.2) is 48.3 Å². The van der Waals surface area contributed by atoms with E-state index >= 15 is 0 Å². The van der Waals surface area contributed by atoms with Crippen LogP contribution >= 0.6 is 0 Å². The molecule has 0 aliphatic carbocycles. The fourth-order valence-corrected chi connectivity index (χ4v) is 1.33. The third-order valence-electron chi connectivity index (χ3n) is 2.59. The number of hydrogen-bond acceptors (Lipinski definition) is 4. The normalized spacial score (nSPS) is 14.1. The third kappa shape index (κ3) is 6.91. The van der Waals surface area contributed by atoms with Crippen molar-refractivity contribution in [3.8, 4) is 0 Å². The minimum absolute atomic E-state index is 0.160. The number of likely N-dealkylation sites (N-methyl/N-ethyl adjacent to an activating group) is 1. The summed E-state index contributed by atoms with van der Waals surface area (Å²) in [6.45, 7) is 2.00. The number of unbranched alkanes of at least 4 members (excludes halogenated alkanes) is 1. The van der Waals surface area contributed by atoms with Crippen molar-refractivity contribution in [1.29, 1.82) is 0 Å². The van der Waals surface area contributed by atoms with E-state index < -0.39 is 12.0 Å². The van der Waals surface area contributed by atoms with Gasteiger partial charge in [-0.2, -0.15) is 0 Å². The highest BCUT2D eigenvalue weighted by molar-refractivity contribution is 5.78. The Labute approximate surface area is 101 Å². The van der Waals surface area contributed by atoms with Crippen LogP contribution in [-0.2, 0) is 9.59 Å². The first-order valence-corrected chi connectivity index (χ1v) is 5.81. The maximum absolute atomic E-state index is 11.3. The molecule has 0 fully saturated rings. The molecule has 0 aromatic rings. The SMILES string of the molecule is CN[C@@H](CCCCNC(=O)[C@H](C)CO)C(=O)O. The lowest BCUT2D eigenvalue weighted by atomic mass is 10.1. The maximum Gasteiger partial charge on any atom is 0.320 e. The molecule has 0 aliphatic heterocycles. The molecule has 0 saturated carbocycles. The molecule has 0 spiro atoms. The highest BCUT2D eigenvalue weighted by Gasteiger charge is 2.14. The van der Waals surface area contributed by atoms with Crippen molar-refractivity contribution in [2.45, 2.75) is 32.2 Å². The molecule has 4 N–H and O–H groups in total. The summed E-state index contributed by atoms with van der Waals surface area (Å²) >= 11 is 0. The monoisotopic (exact) mass is 246 g/mol. The Kier molecular flexibility index (Phi) is 8.35. The van der Waals surface area contributed by atoms with E-state index in [0.717, 1.165) is 12.8 Å². The molecule has 0 aromatic carbocycles. The Bertz CT molecular complexity index is 246. The minimum atomic E-state index is -0.856. The predicted molar refractivity (Wildman–Crippen MR) is 63.6 cm³/mol. The number of carboxylic acid groups (broad SMARTS) is 1. The van der Waals surface area contributed by atoms with Crippen LogP contribution in [0.3, 0.4) is 0 Å². The number of aliphatic carboxylic acids is 1. The Hall–Kier alpha value is -1.14. The summed E-state index contributed by atoms with van der Waals surface area (Å²) < 4.78 is 0. The van der Waals surface area contributed by atoms with Crippen LogP contribution < -0.4 is 10.6 Å². The zero-order valence-electron chi connectivity index (χ0n) is 10.4. The number of amides is 1. The van der Waals surface area contributed by atoms with Crippen molar-refractivity contribution in [2.24, 2.45) is 5.92 Å². The Balaban J connectivity index is 3.58. The lowest BCUT2D eigenvalue weighted by Gasteiger charge is -2.12. The van der Waals surface area contributed by atoms with Gasteiger partial charge in [-0.25, -0.2) is 0 Å². The van der Waals surface area contributed by atoms with Gasteiger partial charge in [0.05, 0.1) is 12.5 Å². The Morgan fingerprint density at radius 3 is 2.41 bits per heavy atom. The van der Waals surface area contributed by atoms with Crippen molar-refractivity contribution in [3.05, 3.63) is 0 Å². The summed E-state index contributed by atoms with van der Waals surface area (Å²) in [5.41, 5.74) is 0. The fraction of sp³-hybridized carbons (Fsp3) is 0.818. The molecule has 0 heterocycles. The molecule has 0 unspecified atom stereocenters. The van der Waals surface area contributed by atoms with Crippen molar-refractivity contribution in [1.82, 2.24) is 10.6 Å². The molecule has 0 radical (unpaired) electrons. The van der Waals surface area contributed by atoms with Crippen LogP contribution in [0.4, 0.5) is 0 Å². The zero-order chi connectivity index (χ0) is 13.3. The molecule has 0 aromatic heterocycles. The zero-order valence-corrected chi connectivity index (χ0v) is 10.4. The average molecular weight is 246 g/mol. The van der Waals surface area contributed by atoms with Gasteiger partial charge in [0.2, 0.25) is 5.91 Å². The van der Waals surface area contributed by atoms with Gasteiger partial charge in [0, 0.05) is 6.54 Å². The summed E-state index contributed by atoms with van der Waals surface area (Å²) in [6, 6.07) is -0.526. The first kappa shape index (κ1) is 15.9. The van der Waals surface area contributed by atoms with Crippen LogP contribution in [0.15, 0.2) is 0 Å². The second-order valence-corrected chi connectivity index (χ2v) is 4.05. The molecule has 0 saturated heterocycles. The lowest BCUT2D eigenvalue weighted by Crippen LogP contribution is -2.34. The van der Waals surface area contributed by atoms with Gasteiger partial charge in [-0.3, -0.25) is 9.59 Å². The molecule has 0 bridgehead atoms. The van der Waals surface area contributed by atoms with E-state index in [-0.39, 0.29) is 18.4 Å². The second kappa shape index (κ2) is 8.95. The fourth-order valence-electron chi connectivity index (χ4n) is 1.33. The third-order valence-corrected chi connectivity index (χ3v) is 2.59.